The number of nitrogens with zero attached hydrogens (tertiary/aromatic N) is 3. The Kier molecular flexibility index (Phi) is 4.79. The van der Waals surface area contributed by atoms with Crippen molar-refractivity contribution >= 4 is 16.9 Å². The Morgan fingerprint density at radius 3 is 2.62 bits per heavy atom. The van der Waals surface area contributed by atoms with Gasteiger partial charge >= 0.3 is 0 Å². The van der Waals surface area contributed by atoms with Gasteiger partial charge in [-0.1, -0.05) is 6.07 Å². The number of ether oxygens (including phenoxy) is 2. The lowest BCUT2D eigenvalue weighted by Crippen LogP contribution is -2.27. The molecule has 1 N–H and O–H groups in total. The van der Waals surface area contributed by atoms with Gasteiger partial charge in [0, 0.05) is 12.7 Å². The number of carbonyl (C=O) groups excluding carboxylic acids is 1. The van der Waals surface area contributed by atoms with Crippen LogP contribution in [0.4, 0.5) is 0 Å². The molecule has 26 heavy (non-hydrogen) atoms. The van der Waals surface area contributed by atoms with Crippen molar-refractivity contribution in [2.45, 2.75) is 19.9 Å². The maximum atomic E-state index is 12.8. The summed E-state index contributed by atoms with van der Waals surface area (Å²) in [6, 6.07) is 7.17. The normalized spacial score (nSPS) is 12.0. The molecule has 3 rings (SSSR count). The van der Waals surface area contributed by atoms with Crippen LogP contribution in [0.5, 0.6) is 11.5 Å². The van der Waals surface area contributed by atoms with Crippen LogP contribution in [0.1, 0.15) is 34.6 Å². The third kappa shape index (κ3) is 3.20. The number of nitrogens with one attached hydrogen (secondary N) is 1. The second kappa shape index (κ2) is 7.03. The standard InChI is InChI=1S/C19H22N4O3/c1-11-8-14(15-10-20-23(3)18(15)21-11)19(24)22-12(2)13-6-7-16(25-4)17(9-13)26-5/h6-10,12H,1-5H3,(H,22,24)/t12-/m0/s1. The lowest BCUT2D eigenvalue weighted by molar-refractivity contribution is 0.0941. The zero-order chi connectivity index (χ0) is 18.8. The highest BCUT2D eigenvalue weighted by atomic mass is 16.5. The topological polar surface area (TPSA) is 78.3 Å². The Morgan fingerprint density at radius 1 is 1.19 bits per heavy atom. The van der Waals surface area contributed by atoms with Gasteiger partial charge in [0.05, 0.1) is 37.4 Å². The van der Waals surface area contributed by atoms with E-state index in [2.05, 4.69) is 15.4 Å². The number of benzene rings is 1. The lowest BCUT2D eigenvalue weighted by atomic mass is 10.1. The van der Waals surface area contributed by atoms with Crippen molar-refractivity contribution in [2.75, 3.05) is 14.2 Å². The van der Waals surface area contributed by atoms with E-state index >= 15 is 0 Å². The number of aryl methyl sites for hydroxylation is 2. The van der Waals surface area contributed by atoms with E-state index in [9.17, 15) is 4.79 Å². The molecule has 136 valence electrons. The number of aromatic nitrogens is 3. The van der Waals surface area contributed by atoms with Crippen LogP contribution in [-0.4, -0.2) is 34.9 Å². The molecule has 2 heterocycles. The zero-order valence-corrected chi connectivity index (χ0v) is 15.5. The van der Waals surface area contributed by atoms with Crippen molar-refractivity contribution in [2.24, 2.45) is 7.05 Å². The van der Waals surface area contributed by atoms with E-state index in [-0.39, 0.29) is 11.9 Å². The predicted octanol–water partition coefficient (Wildman–Crippen LogP) is 2.78. The molecular formula is C19H22N4O3. The minimum Gasteiger partial charge on any atom is -0.493 e. The van der Waals surface area contributed by atoms with Gasteiger partial charge in [-0.05, 0) is 37.6 Å². The van der Waals surface area contributed by atoms with Crippen molar-refractivity contribution in [1.29, 1.82) is 0 Å². The van der Waals surface area contributed by atoms with Gasteiger partial charge in [0.2, 0.25) is 0 Å². The fraction of sp³-hybridized carbons (Fsp3) is 0.316. The molecule has 0 bridgehead atoms. The highest BCUT2D eigenvalue weighted by Crippen LogP contribution is 2.30. The Hall–Kier alpha value is -3.09. The molecule has 1 atom stereocenters. The molecule has 7 nitrogen and oxygen atoms in total. The van der Waals surface area contributed by atoms with Crippen LogP contribution in [0, 0.1) is 6.92 Å². The van der Waals surface area contributed by atoms with Crippen molar-refractivity contribution in [3.63, 3.8) is 0 Å². The first kappa shape index (κ1) is 17.7. The number of hydrogen-bond donors (Lipinski definition) is 1. The molecule has 0 spiro atoms. The quantitative estimate of drug-likeness (QED) is 0.762. The van der Waals surface area contributed by atoms with Gasteiger partial charge in [0.15, 0.2) is 17.1 Å². The molecule has 0 radical (unpaired) electrons. The van der Waals surface area contributed by atoms with Crippen molar-refractivity contribution in [1.82, 2.24) is 20.1 Å². The van der Waals surface area contributed by atoms with E-state index in [1.165, 1.54) is 0 Å². The summed E-state index contributed by atoms with van der Waals surface area (Å²) in [6.07, 6.45) is 1.66. The van der Waals surface area contributed by atoms with Gasteiger partial charge in [-0.2, -0.15) is 5.10 Å². The van der Waals surface area contributed by atoms with Crippen molar-refractivity contribution < 1.29 is 14.3 Å². The van der Waals surface area contributed by atoms with E-state index in [0.717, 1.165) is 16.6 Å². The van der Waals surface area contributed by atoms with E-state index < -0.39 is 0 Å². The molecule has 3 aromatic rings. The minimum atomic E-state index is -0.206. The third-order valence-corrected chi connectivity index (χ3v) is 4.33. The molecule has 1 amide bonds. The van der Waals surface area contributed by atoms with Gasteiger partial charge in [0.1, 0.15) is 0 Å². The van der Waals surface area contributed by atoms with Crippen LogP contribution < -0.4 is 14.8 Å². The monoisotopic (exact) mass is 354 g/mol. The second-order valence-corrected chi connectivity index (χ2v) is 6.13. The van der Waals surface area contributed by atoms with Crippen LogP contribution in [0.25, 0.3) is 11.0 Å². The molecule has 7 heteroatoms. The molecule has 0 saturated carbocycles. The first-order chi connectivity index (χ1) is 12.4. The molecule has 1 aromatic carbocycles. The molecule has 0 aliphatic rings. The number of pyridine rings is 1. The number of rotatable bonds is 5. The van der Waals surface area contributed by atoms with Crippen LogP contribution >= 0.6 is 0 Å². The fourth-order valence-electron chi connectivity index (χ4n) is 2.91. The van der Waals surface area contributed by atoms with Crippen LogP contribution in [0.15, 0.2) is 30.5 Å². The van der Waals surface area contributed by atoms with Gasteiger partial charge in [-0.15, -0.1) is 0 Å². The average molecular weight is 354 g/mol. The summed E-state index contributed by atoms with van der Waals surface area (Å²) in [5, 5.41) is 7.96. The highest BCUT2D eigenvalue weighted by molar-refractivity contribution is 6.05. The van der Waals surface area contributed by atoms with Crippen LogP contribution in [0.3, 0.4) is 0 Å². The SMILES string of the molecule is COc1ccc([C@H](C)NC(=O)c2cc(C)nc3c2cnn3C)cc1OC. The Bertz CT molecular complexity index is 965. The van der Waals surface area contributed by atoms with Crippen LogP contribution in [0.2, 0.25) is 0 Å². The summed E-state index contributed by atoms with van der Waals surface area (Å²) in [7, 11) is 4.99. The summed E-state index contributed by atoms with van der Waals surface area (Å²) in [5.74, 6) is 1.10. The molecule has 2 aromatic heterocycles. The average Bonchev–Trinajstić information content (AvgIpc) is 3.01. The van der Waals surface area contributed by atoms with E-state index in [1.807, 2.05) is 39.1 Å². The summed E-state index contributed by atoms with van der Waals surface area (Å²) in [6.45, 7) is 3.79. The number of carbonyl (C=O) groups is 1. The summed E-state index contributed by atoms with van der Waals surface area (Å²) >= 11 is 0. The summed E-state index contributed by atoms with van der Waals surface area (Å²) < 4.78 is 12.3. The van der Waals surface area contributed by atoms with Crippen LogP contribution in [-0.2, 0) is 7.05 Å². The number of amides is 1. The summed E-state index contributed by atoms with van der Waals surface area (Å²) in [5.41, 5.74) is 2.94. The van der Waals surface area contributed by atoms with E-state index in [1.54, 1.807) is 31.2 Å². The summed E-state index contributed by atoms with van der Waals surface area (Å²) in [4.78, 5) is 17.3. The first-order valence-electron chi connectivity index (χ1n) is 8.26. The number of fused-ring (bicyclic) bond motifs is 1. The maximum Gasteiger partial charge on any atom is 0.252 e. The maximum absolute atomic E-state index is 12.8. The number of hydrogen-bond acceptors (Lipinski definition) is 5. The van der Waals surface area contributed by atoms with Gasteiger partial charge in [0.25, 0.3) is 5.91 Å². The lowest BCUT2D eigenvalue weighted by Gasteiger charge is -2.17. The third-order valence-electron chi connectivity index (χ3n) is 4.33. The van der Waals surface area contributed by atoms with Crippen molar-refractivity contribution in [3.05, 3.63) is 47.3 Å². The van der Waals surface area contributed by atoms with Gasteiger partial charge in [-0.3, -0.25) is 9.48 Å². The Morgan fingerprint density at radius 2 is 1.92 bits per heavy atom. The van der Waals surface area contributed by atoms with E-state index in [4.69, 9.17) is 9.47 Å². The molecule has 0 fully saturated rings. The smallest absolute Gasteiger partial charge is 0.252 e. The molecule has 0 aliphatic carbocycles. The Balaban J connectivity index is 1.88. The zero-order valence-electron chi connectivity index (χ0n) is 15.5. The van der Waals surface area contributed by atoms with Crippen molar-refractivity contribution in [3.8, 4) is 11.5 Å². The first-order valence-corrected chi connectivity index (χ1v) is 8.26. The second-order valence-electron chi connectivity index (χ2n) is 6.13. The molecule has 0 saturated heterocycles. The highest BCUT2D eigenvalue weighted by Gasteiger charge is 2.18. The predicted molar refractivity (Wildman–Crippen MR) is 98.7 cm³/mol. The molecule has 0 unspecified atom stereocenters. The Labute approximate surface area is 151 Å². The van der Waals surface area contributed by atoms with Gasteiger partial charge < -0.3 is 14.8 Å². The van der Waals surface area contributed by atoms with E-state index in [0.29, 0.717) is 22.7 Å². The molecular weight excluding hydrogens is 332 g/mol. The minimum absolute atomic E-state index is 0.171. The molecule has 0 aliphatic heterocycles. The number of methoxy groups -OCH3 is 2. The fourth-order valence-corrected chi connectivity index (χ4v) is 2.91. The largest absolute Gasteiger partial charge is 0.493 e. The van der Waals surface area contributed by atoms with Gasteiger partial charge in [-0.25, -0.2) is 4.98 Å².